The highest BCUT2D eigenvalue weighted by molar-refractivity contribution is 5.65. The van der Waals surface area contributed by atoms with Gasteiger partial charge in [-0.15, -0.1) is 6.58 Å². The Labute approximate surface area is 185 Å². The van der Waals surface area contributed by atoms with E-state index in [2.05, 4.69) is 6.58 Å². The Morgan fingerprint density at radius 3 is 2.00 bits per heavy atom. The summed E-state index contributed by atoms with van der Waals surface area (Å²) in [7, 11) is 0. The molecule has 0 amide bonds. The van der Waals surface area contributed by atoms with Crippen LogP contribution in [-0.4, -0.2) is 0 Å². The molecular formula is C27H24F4O. The minimum Gasteiger partial charge on any atom is -0.462 e. The van der Waals surface area contributed by atoms with Crippen LogP contribution in [0.5, 0.6) is 5.75 Å². The van der Waals surface area contributed by atoms with Crippen molar-refractivity contribution in [3.63, 3.8) is 0 Å². The molecule has 0 spiro atoms. The van der Waals surface area contributed by atoms with Crippen LogP contribution in [0, 0.1) is 23.3 Å². The van der Waals surface area contributed by atoms with Crippen LogP contribution < -0.4 is 4.74 Å². The quantitative estimate of drug-likeness (QED) is 0.188. The molecule has 3 aromatic carbocycles. The van der Waals surface area contributed by atoms with Gasteiger partial charge in [-0.2, -0.15) is 4.39 Å². The van der Waals surface area contributed by atoms with Crippen LogP contribution in [0.1, 0.15) is 30.0 Å². The van der Waals surface area contributed by atoms with E-state index < -0.39 is 23.3 Å². The molecule has 32 heavy (non-hydrogen) atoms. The molecule has 3 rings (SSSR count). The monoisotopic (exact) mass is 440 g/mol. The lowest BCUT2D eigenvalue weighted by Crippen LogP contribution is -2.03. The van der Waals surface area contributed by atoms with E-state index in [0.29, 0.717) is 5.56 Å². The predicted molar refractivity (Wildman–Crippen MR) is 120 cm³/mol. The number of ether oxygens (including phenoxy) is 1. The maximum atomic E-state index is 14.7. The van der Waals surface area contributed by atoms with Crippen LogP contribution in [0.15, 0.2) is 73.5 Å². The number of halogens is 4. The highest BCUT2D eigenvalue weighted by Crippen LogP contribution is 2.29. The zero-order chi connectivity index (χ0) is 23.1. The summed E-state index contributed by atoms with van der Waals surface area (Å²) >= 11 is 0. The maximum absolute atomic E-state index is 14.7. The highest BCUT2D eigenvalue weighted by Gasteiger charge is 2.17. The fourth-order valence-electron chi connectivity index (χ4n) is 3.39. The molecule has 0 radical (unpaired) electrons. The summed E-state index contributed by atoms with van der Waals surface area (Å²) in [4.78, 5) is 0. The Bertz CT molecular complexity index is 1120. The number of hydrogen-bond acceptors (Lipinski definition) is 1. The first-order valence-electron chi connectivity index (χ1n) is 10.4. The smallest absolute Gasteiger partial charge is 0.201 e. The Balaban J connectivity index is 1.76. The maximum Gasteiger partial charge on any atom is 0.201 e. The predicted octanol–water partition coefficient (Wildman–Crippen LogP) is 7.73. The molecule has 0 heterocycles. The van der Waals surface area contributed by atoms with E-state index in [9.17, 15) is 17.6 Å². The van der Waals surface area contributed by atoms with Crippen molar-refractivity contribution in [2.45, 2.75) is 32.6 Å². The zero-order valence-electron chi connectivity index (χ0n) is 17.8. The van der Waals surface area contributed by atoms with Crippen LogP contribution >= 0.6 is 0 Å². The molecule has 166 valence electrons. The van der Waals surface area contributed by atoms with E-state index in [1.807, 2.05) is 18.2 Å². The first-order chi connectivity index (χ1) is 15.5. The van der Waals surface area contributed by atoms with Gasteiger partial charge in [0.1, 0.15) is 0 Å². The third-order valence-corrected chi connectivity index (χ3v) is 5.19. The van der Waals surface area contributed by atoms with Crippen LogP contribution in [-0.2, 0) is 19.3 Å². The Hall–Kier alpha value is -3.34. The van der Waals surface area contributed by atoms with Gasteiger partial charge >= 0.3 is 0 Å². The first-order valence-corrected chi connectivity index (χ1v) is 10.4. The third kappa shape index (κ3) is 5.28. The van der Waals surface area contributed by atoms with Crippen LogP contribution in [0.25, 0.3) is 11.1 Å². The lowest BCUT2D eigenvalue weighted by molar-refractivity contribution is 0.411. The van der Waals surface area contributed by atoms with Crippen molar-refractivity contribution in [1.82, 2.24) is 0 Å². The molecule has 0 saturated carbocycles. The van der Waals surface area contributed by atoms with E-state index in [-0.39, 0.29) is 35.3 Å². The lowest BCUT2D eigenvalue weighted by atomic mass is 9.97. The molecule has 0 aliphatic rings. The van der Waals surface area contributed by atoms with Gasteiger partial charge in [-0.1, -0.05) is 54.6 Å². The number of rotatable bonds is 9. The number of aryl methyl sites for hydroxylation is 3. The van der Waals surface area contributed by atoms with Crippen LogP contribution in [0.4, 0.5) is 17.6 Å². The van der Waals surface area contributed by atoms with Gasteiger partial charge in [0.15, 0.2) is 23.2 Å². The molecule has 0 aliphatic heterocycles. The largest absolute Gasteiger partial charge is 0.462 e. The topological polar surface area (TPSA) is 9.23 Å². The molecule has 0 N–H and O–H groups in total. The van der Waals surface area contributed by atoms with Crippen LogP contribution in [0.2, 0.25) is 0 Å². The van der Waals surface area contributed by atoms with E-state index in [1.165, 1.54) is 30.5 Å². The Morgan fingerprint density at radius 1 is 0.750 bits per heavy atom. The van der Waals surface area contributed by atoms with Gasteiger partial charge in [-0.25, -0.2) is 13.2 Å². The second-order valence-electron chi connectivity index (χ2n) is 7.36. The number of hydrogen-bond donors (Lipinski definition) is 0. The molecule has 0 fully saturated rings. The Kier molecular flexibility index (Phi) is 7.87. The standard InChI is InChI=1S/C27H24F4O/c1-3-5-6-18-7-9-19(10-8-18)22-15-13-20(24(28)26(22)30)11-12-21-14-16-23(32-17-4-2)27(31)25(21)29/h3-4,7-10,13-17H,1,5-6,11-12H2,2H3/b17-4+. The zero-order valence-corrected chi connectivity index (χ0v) is 17.8. The Morgan fingerprint density at radius 2 is 1.38 bits per heavy atom. The second kappa shape index (κ2) is 10.8. The summed E-state index contributed by atoms with van der Waals surface area (Å²) in [5, 5.41) is 0. The minimum atomic E-state index is -1.11. The average molecular weight is 440 g/mol. The molecular weight excluding hydrogens is 416 g/mol. The summed E-state index contributed by atoms with van der Waals surface area (Å²) < 4.78 is 62.9. The molecule has 3 aromatic rings. The van der Waals surface area contributed by atoms with E-state index in [1.54, 1.807) is 25.1 Å². The van der Waals surface area contributed by atoms with Crippen molar-refractivity contribution in [3.05, 3.63) is 113 Å². The molecule has 0 aliphatic carbocycles. The molecule has 5 heteroatoms. The van der Waals surface area contributed by atoms with Crippen molar-refractivity contribution in [3.8, 4) is 16.9 Å². The summed E-state index contributed by atoms with van der Waals surface area (Å²) in [5.41, 5.74) is 1.98. The van der Waals surface area contributed by atoms with Crippen LogP contribution in [0.3, 0.4) is 0 Å². The fourth-order valence-corrected chi connectivity index (χ4v) is 3.39. The molecule has 0 aromatic heterocycles. The summed E-state index contributed by atoms with van der Waals surface area (Å²) in [6, 6.07) is 13.0. The van der Waals surface area contributed by atoms with Crippen molar-refractivity contribution >= 4 is 0 Å². The lowest BCUT2D eigenvalue weighted by Gasteiger charge is -2.11. The minimum absolute atomic E-state index is 0.0142. The summed E-state index contributed by atoms with van der Waals surface area (Å²) in [6.07, 6.45) is 6.32. The van der Waals surface area contributed by atoms with Crippen molar-refractivity contribution < 1.29 is 22.3 Å². The molecule has 0 bridgehead atoms. The molecule has 1 nitrogen and oxygen atoms in total. The molecule has 0 atom stereocenters. The van der Waals surface area contributed by atoms with Gasteiger partial charge in [-0.05, 0) is 60.9 Å². The van der Waals surface area contributed by atoms with Gasteiger partial charge in [0, 0.05) is 5.56 Å². The molecule has 0 unspecified atom stereocenters. The van der Waals surface area contributed by atoms with Crippen molar-refractivity contribution in [2.24, 2.45) is 0 Å². The van der Waals surface area contributed by atoms with Crippen molar-refractivity contribution in [1.29, 1.82) is 0 Å². The highest BCUT2D eigenvalue weighted by atomic mass is 19.2. The SMILES string of the molecule is C=CCCc1ccc(-c2ccc(CCc3ccc(O/C=C/C)c(F)c3F)c(F)c2F)cc1. The molecule has 0 saturated heterocycles. The van der Waals surface area contributed by atoms with Crippen molar-refractivity contribution in [2.75, 3.05) is 0 Å². The van der Waals surface area contributed by atoms with E-state index in [0.717, 1.165) is 18.4 Å². The van der Waals surface area contributed by atoms with E-state index in [4.69, 9.17) is 4.74 Å². The number of allylic oxidation sites excluding steroid dienone is 2. The van der Waals surface area contributed by atoms with Gasteiger partial charge < -0.3 is 4.74 Å². The number of benzene rings is 3. The third-order valence-electron chi connectivity index (χ3n) is 5.19. The van der Waals surface area contributed by atoms with Gasteiger partial charge in [0.25, 0.3) is 0 Å². The van der Waals surface area contributed by atoms with Gasteiger partial charge in [0.2, 0.25) is 5.82 Å². The normalized spacial score (nSPS) is 11.2. The first kappa shape index (κ1) is 23.3. The average Bonchev–Trinajstić information content (AvgIpc) is 2.81. The summed E-state index contributed by atoms with van der Waals surface area (Å²) in [6.45, 7) is 5.37. The van der Waals surface area contributed by atoms with Gasteiger partial charge in [-0.3, -0.25) is 0 Å². The van der Waals surface area contributed by atoms with Gasteiger partial charge in [0.05, 0.1) is 6.26 Å². The fraction of sp³-hybridized carbons (Fsp3) is 0.185. The van der Waals surface area contributed by atoms with E-state index >= 15 is 0 Å². The second-order valence-corrected chi connectivity index (χ2v) is 7.36. The summed E-state index contributed by atoms with van der Waals surface area (Å²) in [5.74, 6) is -4.34.